The molecule has 1 aromatic carbocycles. The number of aryl methyl sites for hydroxylation is 2. The van der Waals surface area contributed by atoms with Crippen LogP contribution in [0.1, 0.15) is 41.8 Å². The third-order valence-electron chi connectivity index (χ3n) is 4.01. The van der Waals surface area contributed by atoms with Gasteiger partial charge in [0.25, 0.3) is 5.91 Å². The molecule has 2 atom stereocenters. The van der Waals surface area contributed by atoms with Crippen molar-refractivity contribution in [2.24, 2.45) is 11.8 Å². The Balaban J connectivity index is 1.91. The summed E-state index contributed by atoms with van der Waals surface area (Å²) in [5.41, 5.74) is 2.53. The Morgan fingerprint density at radius 2 is 1.64 bits per heavy atom. The molecule has 2 rings (SSSR count). The molecule has 1 amide bonds. The van der Waals surface area contributed by atoms with Crippen LogP contribution in [0.3, 0.4) is 0 Å². The minimum atomic E-state index is -0.432. The number of carbonyl (C=O) groups excluding carboxylic acids is 2. The SMILES string of the molecule is Cc1cc(C)cc(C(=O)OCC(=O)N2CC(C)CC(C)C2)c1. The van der Waals surface area contributed by atoms with Crippen molar-refractivity contribution in [1.82, 2.24) is 4.90 Å². The Kier molecular flexibility index (Phi) is 5.22. The summed E-state index contributed by atoms with van der Waals surface area (Å²) in [5.74, 6) is 0.472. The maximum absolute atomic E-state index is 12.2. The molecule has 1 aliphatic rings. The van der Waals surface area contributed by atoms with Gasteiger partial charge >= 0.3 is 5.97 Å². The van der Waals surface area contributed by atoms with Crippen molar-refractivity contribution < 1.29 is 14.3 Å². The number of rotatable bonds is 3. The van der Waals surface area contributed by atoms with Gasteiger partial charge in [-0.05, 0) is 44.2 Å². The molecule has 1 heterocycles. The van der Waals surface area contributed by atoms with Crippen LogP contribution in [-0.4, -0.2) is 36.5 Å². The van der Waals surface area contributed by atoms with E-state index in [9.17, 15) is 9.59 Å². The Hall–Kier alpha value is -1.84. The lowest BCUT2D eigenvalue weighted by atomic mass is 9.92. The molecule has 0 aliphatic carbocycles. The molecule has 1 fully saturated rings. The average Bonchev–Trinajstić information content (AvgIpc) is 2.42. The van der Waals surface area contributed by atoms with Crippen LogP contribution in [0.15, 0.2) is 18.2 Å². The first-order valence-corrected chi connectivity index (χ1v) is 7.88. The van der Waals surface area contributed by atoms with Gasteiger partial charge in [-0.25, -0.2) is 4.79 Å². The number of esters is 1. The Morgan fingerprint density at radius 1 is 1.09 bits per heavy atom. The van der Waals surface area contributed by atoms with Crippen LogP contribution in [0.2, 0.25) is 0 Å². The standard InChI is InChI=1S/C18H25NO3/c1-12-5-13(2)8-16(7-12)18(21)22-11-17(20)19-9-14(3)6-15(4)10-19/h5,7-8,14-15H,6,9-11H2,1-4H3. The van der Waals surface area contributed by atoms with E-state index < -0.39 is 5.97 Å². The van der Waals surface area contributed by atoms with Crippen LogP contribution >= 0.6 is 0 Å². The van der Waals surface area contributed by atoms with E-state index in [1.54, 1.807) is 12.1 Å². The largest absolute Gasteiger partial charge is 0.452 e. The fraction of sp³-hybridized carbons (Fsp3) is 0.556. The molecule has 120 valence electrons. The summed E-state index contributed by atoms with van der Waals surface area (Å²) in [5, 5.41) is 0. The van der Waals surface area contributed by atoms with E-state index in [-0.39, 0.29) is 12.5 Å². The molecule has 1 saturated heterocycles. The van der Waals surface area contributed by atoms with Crippen LogP contribution in [-0.2, 0) is 9.53 Å². The highest BCUT2D eigenvalue weighted by Crippen LogP contribution is 2.21. The van der Waals surface area contributed by atoms with E-state index in [0.29, 0.717) is 17.4 Å². The first kappa shape index (κ1) is 16.5. The van der Waals surface area contributed by atoms with Crippen molar-refractivity contribution in [1.29, 1.82) is 0 Å². The molecule has 4 nitrogen and oxygen atoms in total. The lowest BCUT2D eigenvalue weighted by Crippen LogP contribution is -2.44. The molecular formula is C18H25NO3. The number of ether oxygens (including phenoxy) is 1. The molecule has 0 spiro atoms. The predicted molar refractivity (Wildman–Crippen MR) is 85.7 cm³/mol. The van der Waals surface area contributed by atoms with Gasteiger partial charge < -0.3 is 9.64 Å². The second kappa shape index (κ2) is 6.95. The summed E-state index contributed by atoms with van der Waals surface area (Å²) in [6.45, 7) is 9.51. The van der Waals surface area contributed by atoms with E-state index in [0.717, 1.165) is 30.6 Å². The van der Waals surface area contributed by atoms with Gasteiger partial charge in [0.2, 0.25) is 0 Å². The minimum absolute atomic E-state index is 0.101. The number of piperidine rings is 1. The lowest BCUT2D eigenvalue weighted by Gasteiger charge is -2.34. The normalized spacial score (nSPS) is 21.5. The summed E-state index contributed by atoms with van der Waals surface area (Å²) in [6, 6.07) is 5.56. The van der Waals surface area contributed by atoms with E-state index in [1.807, 2.05) is 24.8 Å². The number of amides is 1. The van der Waals surface area contributed by atoms with Gasteiger partial charge in [0.05, 0.1) is 5.56 Å². The summed E-state index contributed by atoms with van der Waals surface area (Å²) < 4.78 is 5.19. The Labute approximate surface area is 132 Å². The molecule has 22 heavy (non-hydrogen) atoms. The number of likely N-dealkylation sites (tertiary alicyclic amines) is 1. The molecular weight excluding hydrogens is 278 g/mol. The quantitative estimate of drug-likeness (QED) is 0.807. The highest BCUT2D eigenvalue weighted by Gasteiger charge is 2.26. The van der Waals surface area contributed by atoms with Crippen molar-refractivity contribution in [2.45, 2.75) is 34.1 Å². The van der Waals surface area contributed by atoms with Crippen LogP contribution in [0, 0.1) is 25.7 Å². The molecule has 2 unspecified atom stereocenters. The molecule has 0 N–H and O–H groups in total. The van der Waals surface area contributed by atoms with Gasteiger partial charge in [0.15, 0.2) is 6.61 Å². The number of hydrogen-bond donors (Lipinski definition) is 0. The fourth-order valence-electron chi connectivity index (χ4n) is 3.26. The van der Waals surface area contributed by atoms with Crippen LogP contribution in [0.5, 0.6) is 0 Å². The van der Waals surface area contributed by atoms with Crippen molar-refractivity contribution >= 4 is 11.9 Å². The minimum Gasteiger partial charge on any atom is -0.452 e. The first-order valence-electron chi connectivity index (χ1n) is 7.88. The van der Waals surface area contributed by atoms with Gasteiger partial charge in [-0.3, -0.25) is 4.79 Å². The smallest absolute Gasteiger partial charge is 0.338 e. The average molecular weight is 303 g/mol. The van der Waals surface area contributed by atoms with E-state index in [2.05, 4.69) is 13.8 Å². The maximum Gasteiger partial charge on any atom is 0.338 e. The van der Waals surface area contributed by atoms with Gasteiger partial charge in [-0.1, -0.05) is 31.0 Å². The van der Waals surface area contributed by atoms with Crippen molar-refractivity contribution in [3.63, 3.8) is 0 Å². The molecule has 0 aromatic heterocycles. The summed E-state index contributed by atoms with van der Waals surface area (Å²) >= 11 is 0. The Morgan fingerprint density at radius 3 is 2.18 bits per heavy atom. The molecule has 4 heteroatoms. The number of nitrogens with zero attached hydrogens (tertiary/aromatic N) is 1. The Bertz CT molecular complexity index is 537. The topological polar surface area (TPSA) is 46.6 Å². The van der Waals surface area contributed by atoms with Crippen molar-refractivity contribution in [3.8, 4) is 0 Å². The summed E-state index contributed by atoms with van der Waals surface area (Å²) in [6.07, 6.45) is 1.14. The first-order chi connectivity index (χ1) is 10.3. The number of benzene rings is 1. The molecule has 1 aromatic rings. The predicted octanol–water partition coefficient (Wildman–Crippen LogP) is 2.96. The van der Waals surface area contributed by atoms with Gasteiger partial charge in [0.1, 0.15) is 0 Å². The van der Waals surface area contributed by atoms with E-state index in [1.165, 1.54) is 0 Å². The number of carbonyl (C=O) groups is 2. The molecule has 1 aliphatic heterocycles. The molecule has 0 saturated carbocycles. The monoisotopic (exact) mass is 303 g/mol. The zero-order valence-corrected chi connectivity index (χ0v) is 13.9. The third-order valence-corrected chi connectivity index (χ3v) is 4.01. The van der Waals surface area contributed by atoms with Crippen molar-refractivity contribution in [3.05, 3.63) is 34.9 Å². The maximum atomic E-state index is 12.2. The fourth-order valence-corrected chi connectivity index (χ4v) is 3.26. The van der Waals surface area contributed by atoms with Crippen LogP contribution in [0.25, 0.3) is 0 Å². The van der Waals surface area contributed by atoms with Crippen LogP contribution < -0.4 is 0 Å². The van der Waals surface area contributed by atoms with Crippen LogP contribution in [0.4, 0.5) is 0 Å². The zero-order chi connectivity index (χ0) is 16.3. The lowest BCUT2D eigenvalue weighted by molar-refractivity contribution is -0.137. The van der Waals surface area contributed by atoms with Gasteiger partial charge in [0, 0.05) is 13.1 Å². The summed E-state index contributed by atoms with van der Waals surface area (Å²) in [7, 11) is 0. The zero-order valence-electron chi connectivity index (χ0n) is 13.9. The highest BCUT2D eigenvalue weighted by molar-refractivity contribution is 5.91. The number of hydrogen-bond acceptors (Lipinski definition) is 3. The summed E-state index contributed by atoms with van der Waals surface area (Å²) in [4.78, 5) is 26.1. The second-order valence-electron chi connectivity index (χ2n) is 6.70. The molecule has 0 radical (unpaired) electrons. The molecule has 0 bridgehead atoms. The van der Waals surface area contributed by atoms with E-state index >= 15 is 0 Å². The van der Waals surface area contributed by atoms with Gasteiger partial charge in [-0.15, -0.1) is 0 Å². The van der Waals surface area contributed by atoms with Gasteiger partial charge in [-0.2, -0.15) is 0 Å². The van der Waals surface area contributed by atoms with E-state index in [4.69, 9.17) is 4.74 Å². The third kappa shape index (κ3) is 4.33. The second-order valence-corrected chi connectivity index (χ2v) is 6.70. The highest BCUT2D eigenvalue weighted by atomic mass is 16.5. The van der Waals surface area contributed by atoms with Crippen molar-refractivity contribution in [2.75, 3.05) is 19.7 Å².